The molecule has 0 aromatic rings. The molecule has 0 rings (SSSR count). The highest BCUT2D eigenvalue weighted by Gasteiger charge is 1.95. The summed E-state index contributed by atoms with van der Waals surface area (Å²) in [7, 11) is 0. The van der Waals surface area contributed by atoms with Crippen LogP contribution in [-0.2, 0) is 14.3 Å². The summed E-state index contributed by atoms with van der Waals surface area (Å²) in [6.07, 6.45) is 0.718. The second-order valence-electron chi connectivity index (χ2n) is 1.33. The van der Waals surface area contributed by atoms with Crippen LogP contribution in [0.15, 0.2) is 0 Å². The lowest BCUT2D eigenvalue weighted by Gasteiger charge is -1.94. The van der Waals surface area contributed by atoms with Gasteiger partial charge in [-0.05, 0) is 6.42 Å². The normalized spacial score (nSPS) is 8.56. The number of aldehydes is 1. The highest BCUT2D eigenvalue weighted by molar-refractivity contribution is 6.20. The molecule has 3 nitrogen and oxygen atoms in total. The van der Waals surface area contributed by atoms with E-state index in [1.807, 2.05) is 0 Å². The minimum absolute atomic E-state index is 0.133. The Hall–Kier alpha value is -0.570. The smallest absolute Gasteiger partial charge is 0.371 e. The second kappa shape index (κ2) is 5.56. The minimum atomic E-state index is -0.833. The van der Waals surface area contributed by atoms with Gasteiger partial charge < -0.3 is 4.74 Å². The third-order valence-corrected chi connectivity index (χ3v) is 0.886. The SMILES string of the molecule is O=CC(=O)OCCCCl. The molecule has 0 spiro atoms. The zero-order chi connectivity index (χ0) is 7.11. The molecule has 0 heterocycles. The first-order chi connectivity index (χ1) is 4.31. The third kappa shape index (κ3) is 5.30. The highest BCUT2D eigenvalue weighted by Crippen LogP contribution is 1.85. The van der Waals surface area contributed by atoms with Crippen LogP contribution < -0.4 is 0 Å². The number of carbonyl (C=O) groups is 2. The van der Waals surface area contributed by atoms with E-state index >= 15 is 0 Å². The molecular weight excluding hydrogens is 144 g/mol. The maximum atomic E-state index is 10.1. The number of carbonyl (C=O) groups excluding carboxylic acids is 2. The maximum absolute atomic E-state index is 10.1. The molecule has 9 heavy (non-hydrogen) atoms. The van der Waals surface area contributed by atoms with Crippen LogP contribution in [0.4, 0.5) is 0 Å². The van der Waals surface area contributed by atoms with E-state index in [9.17, 15) is 9.59 Å². The second-order valence-corrected chi connectivity index (χ2v) is 1.71. The zero-order valence-corrected chi connectivity index (χ0v) is 5.56. The largest absolute Gasteiger partial charge is 0.460 e. The lowest BCUT2D eigenvalue weighted by atomic mass is 10.5. The first-order valence-electron chi connectivity index (χ1n) is 2.49. The van der Waals surface area contributed by atoms with Gasteiger partial charge in [0.1, 0.15) is 0 Å². The van der Waals surface area contributed by atoms with Crippen molar-refractivity contribution in [2.75, 3.05) is 12.5 Å². The molecule has 0 saturated heterocycles. The fourth-order valence-corrected chi connectivity index (χ4v) is 0.370. The van der Waals surface area contributed by atoms with E-state index < -0.39 is 5.97 Å². The summed E-state index contributed by atoms with van der Waals surface area (Å²) in [6, 6.07) is 0. The van der Waals surface area contributed by atoms with Gasteiger partial charge in [0.05, 0.1) is 6.61 Å². The zero-order valence-electron chi connectivity index (χ0n) is 4.80. The van der Waals surface area contributed by atoms with E-state index in [1.54, 1.807) is 0 Å². The van der Waals surface area contributed by atoms with Gasteiger partial charge in [-0.3, -0.25) is 4.79 Å². The Morgan fingerprint density at radius 1 is 1.67 bits per heavy atom. The predicted molar refractivity (Wildman–Crippen MR) is 32.4 cm³/mol. The Balaban J connectivity index is 3.07. The van der Waals surface area contributed by atoms with E-state index in [4.69, 9.17) is 11.6 Å². The number of esters is 1. The first-order valence-corrected chi connectivity index (χ1v) is 3.02. The van der Waals surface area contributed by atoms with Gasteiger partial charge in [-0.2, -0.15) is 0 Å². The van der Waals surface area contributed by atoms with Crippen LogP contribution in [0.25, 0.3) is 0 Å². The van der Waals surface area contributed by atoms with E-state index in [0.717, 1.165) is 0 Å². The lowest BCUT2D eigenvalue weighted by Crippen LogP contribution is -2.06. The Labute approximate surface area is 57.9 Å². The van der Waals surface area contributed by atoms with Crippen molar-refractivity contribution in [3.05, 3.63) is 0 Å². The number of rotatable bonds is 4. The van der Waals surface area contributed by atoms with Gasteiger partial charge in [0, 0.05) is 5.88 Å². The minimum Gasteiger partial charge on any atom is -0.460 e. The van der Waals surface area contributed by atoms with Crippen LogP contribution >= 0.6 is 11.6 Å². The molecule has 0 aliphatic heterocycles. The lowest BCUT2D eigenvalue weighted by molar-refractivity contribution is -0.148. The summed E-state index contributed by atoms with van der Waals surface area (Å²) >= 11 is 5.25. The van der Waals surface area contributed by atoms with E-state index in [-0.39, 0.29) is 12.9 Å². The Bertz CT molecular complexity index is 102. The van der Waals surface area contributed by atoms with Crippen molar-refractivity contribution in [1.29, 1.82) is 0 Å². The van der Waals surface area contributed by atoms with E-state index in [1.165, 1.54) is 0 Å². The molecule has 0 unspecified atom stereocenters. The van der Waals surface area contributed by atoms with Crippen molar-refractivity contribution in [3.63, 3.8) is 0 Å². The third-order valence-electron chi connectivity index (χ3n) is 0.619. The molecule has 0 fully saturated rings. The molecule has 0 aliphatic rings. The maximum Gasteiger partial charge on any atom is 0.371 e. The van der Waals surface area contributed by atoms with Crippen molar-refractivity contribution in [2.45, 2.75) is 6.42 Å². The van der Waals surface area contributed by atoms with Gasteiger partial charge in [-0.25, -0.2) is 4.79 Å². The fraction of sp³-hybridized carbons (Fsp3) is 0.600. The molecule has 0 amide bonds. The molecule has 52 valence electrons. The fourth-order valence-electron chi connectivity index (χ4n) is 0.261. The van der Waals surface area contributed by atoms with Crippen molar-refractivity contribution in [1.82, 2.24) is 0 Å². The summed E-state index contributed by atoms with van der Waals surface area (Å²) in [4.78, 5) is 19.6. The van der Waals surface area contributed by atoms with Gasteiger partial charge in [0.2, 0.25) is 6.29 Å². The molecule has 0 aromatic heterocycles. The van der Waals surface area contributed by atoms with Gasteiger partial charge in [0.25, 0.3) is 0 Å². The van der Waals surface area contributed by atoms with Crippen molar-refractivity contribution in [2.24, 2.45) is 0 Å². The quantitative estimate of drug-likeness (QED) is 0.191. The van der Waals surface area contributed by atoms with Crippen molar-refractivity contribution >= 4 is 23.9 Å². The molecule has 0 bridgehead atoms. The number of hydrogen-bond acceptors (Lipinski definition) is 3. The van der Waals surface area contributed by atoms with E-state index in [0.29, 0.717) is 12.3 Å². The number of alkyl halides is 1. The summed E-state index contributed by atoms with van der Waals surface area (Å²) in [5.41, 5.74) is 0. The summed E-state index contributed by atoms with van der Waals surface area (Å²) in [5.74, 6) is -0.397. The molecule has 0 aromatic carbocycles. The number of halogens is 1. The molecule has 0 N–H and O–H groups in total. The Morgan fingerprint density at radius 3 is 2.78 bits per heavy atom. The Morgan fingerprint density at radius 2 is 2.33 bits per heavy atom. The van der Waals surface area contributed by atoms with Gasteiger partial charge >= 0.3 is 5.97 Å². The van der Waals surface area contributed by atoms with Crippen LogP contribution in [-0.4, -0.2) is 24.7 Å². The molecule has 0 atom stereocenters. The molecular formula is C5H7ClO3. The number of ether oxygens (including phenoxy) is 1. The van der Waals surface area contributed by atoms with Crippen molar-refractivity contribution < 1.29 is 14.3 Å². The summed E-state index contributed by atoms with van der Waals surface area (Å²) in [5, 5.41) is 0. The predicted octanol–water partition coefficient (Wildman–Crippen LogP) is 0.357. The summed E-state index contributed by atoms with van der Waals surface area (Å²) < 4.78 is 4.34. The van der Waals surface area contributed by atoms with Crippen molar-refractivity contribution in [3.8, 4) is 0 Å². The van der Waals surface area contributed by atoms with Crippen LogP contribution in [0, 0.1) is 0 Å². The average Bonchev–Trinajstić information content (AvgIpc) is 1.89. The molecule has 0 radical (unpaired) electrons. The summed E-state index contributed by atoms with van der Waals surface area (Å²) in [6.45, 7) is 0.223. The monoisotopic (exact) mass is 150 g/mol. The standard InChI is InChI=1S/C5H7ClO3/c6-2-1-3-9-5(8)4-7/h4H,1-3H2. The van der Waals surface area contributed by atoms with Crippen LogP contribution in [0.3, 0.4) is 0 Å². The van der Waals surface area contributed by atoms with E-state index in [2.05, 4.69) is 4.74 Å². The van der Waals surface area contributed by atoms with Gasteiger partial charge in [-0.1, -0.05) is 0 Å². The van der Waals surface area contributed by atoms with Gasteiger partial charge in [-0.15, -0.1) is 11.6 Å². The van der Waals surface area contributed by atoms with Crippen LogP contribution in [0.2, 0.25) is 0 Å². The molecule has 0 aliphatic carbocycles. The molecule has 0 saturated carbocycles. The Kier molecular flexibility index (Phi) is 5.21. The molecule has 4 heteroatoms. The topological polar surface area (TPSA) is 43.4 Å². The van der Waals surface area contributed by atoms with Gasteiger partial charge in [0.15, 0.2) is 0 Å². The van der Waals surface area contributed by atoms with Crippen LogP contribution in [0.5, 0.6) is 0 Å². The number of hydrogen-bond donors (Lipinski definition) is 0. The average molecular weight is 151 g/mol. The first kappa shape index (κ1) is 8.43. The highest BCUT2D eigenvalue weighted by atomic mass is 35.5. The van der Waals surface area contributed by atoms with Crippen LogP contribution in [0.1, 0.15) is 6.42 Å².